The molecule has 8 nitrogen and oxygen atoms in total. The highest BCUT2D eigenvalue weighted by Gasteiger charge is 2.13. The van der Waals surface area contributed by atoms with Crippen molar-refractivity contribution in [3.8, 4) is 10.4 Å². The summed E-state index contributed by atoms with van der Waals surface area (Å²) < 4.78 is 14.0. The van der Waals surface area contributed by atoms with Crippen LogP contribution in [0.4, 0.5) is 14.3 Å². The summed E-state index contributed by atoms with van der Waals surface area (Å²) in [6, 6.07) is 6.12. The molecule has 0 bridgehead atoms. The quantitative estimate of drug-likeness (QED) is 0.521. The number of hydrogen-bond acceptors (Lipinski definition) is 5. The molecule has 3 N–H and O–H groups in total. The average Bonchev–Trinajstić information content (AvgIpc) is 3.28. The summed E-state index contributed by atoms with van der Waals surface area (Å²) in [4.78, 5) is 32.4. The number of carboxylic acid groups (broad SMARTS) is 1. The predicted molar refractivity (Wildman–Crippen MR) is 108 cm³/mol. The van der Waals surface area contributed by atoms with Crippen LogP contribution in [-0.4, -0.2) is 44.9 Å². The normalized spacial score (nSPS) is 10.7. The molecular weight excluding hydrogens is 397 g/mol. The number of anilines is 1. The van der Waals surface area contributed by atoms with Crippen molar-refractivity contribution in [1.29, 1.82) is 0 Å². The second-order valence-electron chi connectivity index (χ2n) is 6.24. The number of alkyl halides is 1. The highest BCUT2D eigenvalue weighted by atomic mass is 32.1. The number of thiazole rings is 1. The van der Waals surface area contributed by atoms with Gasteiger partial charge in [-0.15, -0.1) is 0 Å². The van der Waals surface area contributed by atoms with Gasteiger partial charge in [0.05, 0.1) is 34.7 Å². The van der Waals surface area contributed by atoms with Gasteiger partial charge in [-0.05, 0) is 24.6 Å². The summed E-state index contributed by atoms with van der Waals surface area (Å²) >= 11 is 1.31. The van der Waals surface area contributed by atoms with E-state index in [0.29, 0.717) is 18.1 Å². The molecule has 3 rings (SSSR count). The lowest BCUT2D eigenvalue weighted by atomic mass is 10.1. The van der Waals surface area contributed by atoms with Crippen LogP contribution < -0.4 is 10.6 Å². The van der Waals surface area contributed by atoms with Gasteiger partial charge >= 0.3 is 12.0 Å². The number of carbonyl (C=O) groups excluding carboxylic acids is 1. The van der Waals surface area contributed by atoms with Crippen molar-refractivity contribution < 1.29 is 19.1 Å². The fourth-order valence-corrected chi connectivity index (χ4v) is 3.65. The number of aromatic carboxylic acids is 1. The van der Waals surface area contributed by atoms with Crippen LogP contribution in [0.5, 0.6) is 0 Å². The molecule has 0 fully saturated rings. The number of benzene rings is 1. The molecule has 0 atom stereocenters. The Morgan fingerprint density at radius 3 is 2.72 bits per heavy atom. The lowest BCUT2D eigenvalue weighted by molar-refractivity contribution is 0.0697. The van der Waals surface area contributed by atoms with Gasteiger partial charge in [-0.25, -0.2) is 23.9 Å². The number of rotatable bonds is 8. The van der Waals surface area contributed by atoms with Crippen LogP contribution in [0.15, 0.2) is 36.8 Å². The maximum absolute atomic E-state index is 12.3. The lowest BCUT2D eigenvalue weighted by Crippen LogP contribution is -2.30. The number of carboxylic acids is 1. The van der Waals surface area contributed by atoms with Crippen LogP contribution in [0.2, 0.25) is 0 Å². The van der Waals surface area contributed by atoms with Crippen molar-refractivity contribution in [3.63, 3.8) is 0 Å². The van der Waals surface area contributed by atoms with Gasteiger partial charge in [-0.1, -0.05) is 23.5 Å². The summed E-state index contributed by atoms with van der Waals surface area (Å²) in [5, 5.41) is 14.9. The van der Waals surface area contributed by atoms with Crippen LogP contribution in [0.25, 0.3) is 10.4 Å². The fourth-order valence-electron chi connectivity index (χ4n) is 2.68. The monoisotopic (exact) mass is 417 g/mol. The average molecular weight is 417 g/mol. The molecule has 0 radical (unpaired) electrons. The first-order valence-electron chi connectivity index (χ1n) is 8.89. The van der Waals surface area contributed by atoms with Crippen LogP contribution in [0.3, 0.4) is 0 Å². The molecule has 1 aromatic carbocycles. The van der Waals surface area contributed by atoms with E-state index in [1.807, 2.05) is 6.92 Å². The molecule has 0 unspecified atom stereocenters. The van der Waals surface area contributed by atoms with E-state index in [-0.39, 0.29) is 18.1 Å². The Kier molecular flexibility index (Phi) is 6.55. The van der Waals surface area contributed by atoms with Crippen molar-refractivity contribution in [3.05, 3.63) is 53.7 Å². The van der Waals surface area contributed by atoms with Crippen LogP contribution in [0, 0.1) is 6.92 Å². The van der Waals surface area contributed by atoms with E-state index >= 15 is 0 Å². The van der Waals surface area contributed by atoms with E-state index in [1.54, 1.807) is 29.2 Å². The van der Waals surface area contributed by atoms with E-state index in [4.69, 9.17) is 5.11 Å². The molecule has 152 valence electrons. The summed E-state index contributed by atoms with van der Waals surface area (Å²) in [5.74, 6) is -0.981. The van der Waals surface area contributed by atoms with E-state index in [0.717, 1.165) is 21.8 Å². The Balaban J connectivity index is 1.54. The standard InChI is InChI=1S/C19H20FN5O3S/c1-12-16(13-2-4-14(5-3-13)17(26)27)29-19(23-12)24-18(28)21-8-6-15-10-25(9-7-20)11-22-15/h2-5,10-11H,6-9H2,1H3,(H,26,27)(H2,21,23,24,28). The van der Waals surface area contributed by atoms with Crippen LogP contribution in [-0.2, 0) is 13.0 Å². The number of carbonyl (C=O) groups is 2. The van der Waals surface area contributed by atoms with E-state index in [2.05, 4.69) is 20.6 Å². The molecule has 0 saturated carbocycles. The number of imidazole rings is 1. The maximum Gasteiger partial charge on any atom is 0.335 e. The summed E-state index contributed by atoms with van der Waals surface area (Å²) in [6.45, 7) is 2.03. The fraction of sp³-hybridized carbons (Fsp3) is 0.263. The third-order valence-corrected chi connectivity index (χ3v) is 5.23. The number of nitrogens with zero attached hydrogens (tertiary/aromatic N) is 3. The minimum absolute atomic E-state index is 0.211. The number of aromatic nitrogens is 3. The van der Waals surface area contributed by atoms with Crippen molar-refractivity contribution in [2.45, 2.75) is 19.9 Å². The first-order valence-corrected chi connectivity index (χ1v) is 9.70. The van der Waals surface area contributed by atoms with Gasteiger partial charge in [0.2, 0.25) is 0 Å². The molecule has 29 heavy (non-hydrogen) atoms. The third-order valence-electron chi connectivity index (χ3n) is 4.11. The zero-order chi connectivity index (χ0) is 20.8. The topological polar surface area (TPSA) is 109 Å². The van der Waals surface area contributed by atoms with Gasteiger partial charge in [-0.2, -0.15) is 0 Å². The molecule has 0 aliphatic carbocycles. The second-order valence-corrected chi connectivity index (χ2v) is 7.24. The highest BCUT2D eigenvalue weighted by Crippen LogP contribution is 2.32. The molecule has 2 amide bonds. The first-order chi connectivity index (χ1) is 14.0. The molecule has 0 aliphatic heterocycles. The van der Waals surface area contributed by atoms with Gasteiger partial charge in [0.25, 0.3) is 0 Å². The van der Waals surface area contributed by atoms with Gasteiger partial charge < -0.3 is 15.0 Å². The van der Waals surface area contributed by atoms with Crippen LogP contribution >= 0.6 is 11.3 Å². The zero-order valence-corrected chi connectivity index (χ0v) is 16.5. The smallest absolute Gasteiger partial charge is 0.335 e. The Labute approximate surface area is 170 Å². The molecule has 0 aliphatic rings. The molecule has 2 heterocycles. The lowest BCUT2D eigenvalue weighted by Gasteiger charge is -2.04. The molecule has 3 aromatic rings. The molecular formula is C19H20FN5O3S. The maximum atomic E-state index is 12.3. The van der Waals surface area contributed by atoms with Crippen molar-refractivity contribution in [2.75, 3.05) is 18.5 Å². The second kappa shape index (κ2) is 9.28. The zero-order valence-electron chi connectivity index (χ0n) is 15.7. The number of hydrogen-bond donors (Lipinski definition) is 3. The van der Waals surface area contributed by atoms with E-state index in [1.165, 1.54) is 23.5 Å². The summed E-state index contributed by atoms with van der Waals surface area (Å²) in [5.41, 5.74) is 2.56. The Bertz CT molecular complexity index is 1000. The van der Waals surface area contributed by atoms with Crippen LogP contribution in [0.1, 0.15) is 21.7 Å². The number of nitrogens with one attached hydrogen (secondary N) is 2. The van der Waals surface area contributed by atoms with Gasteiger partial charge in [0.15, 0.2) is 5.13 Å². The number of amides is 2. The molecule has 0 saturated heterocycles. The number of urea groups is 1. The SMILES string of the molecule is Cc1nc(NC(=O)NCCc2cn(CCF)cn2)sc1-c1ccc(C(=O)O)cc1. The van der Waals surface area contributed by atoms with Crippen molar-refractivity contribution in [1.82, 2.24) is 19.9 Å². The number of aryl methyl sites for hydroxylation is 2. The Morgan fingerprint density at radius 1 is 1.28 bits per heavy atom. The summed E-state index contributed by atoms with van der Waals surface area (Å²) in [6.07, 6.45) is 3.86. The van der Waals surface area contributed by atoms with Crippen molar-refractivity contribution in [2.24, 2.45) is 0 Å². The Morgan fingerprint density at radius 2 is 2.03 bits per heavy atom. The van der Waals surface area contributed by atoms with Gasteiger partial charge in [-0.3, -0.25) is 5.32 Å². The van der Waals surface area contributed by atoms with E-state index in [9.17, 15) is 14.0 Å². The molecule has 10 heteroatoms. The minimum Gasteiger partial charge on any atom is -0.478 e. The van der Waals surface area contributed by atoms with Crippen molar-refractivity contribution >= 4 is 28.5 Å². The summed E-state index contributed by atoms with van der Waals surface area (Å²) in [7, 11) is 0. The molecule has 2 aromatic heterocycles. The third kappa shape index (κ3) is 5.38. The van der Waals surface area contributed by atoms with Gasteiger partial charge in [0.1, 0.15) is 6.67 Å². The van der Waals surface area contributed by atoms with Gasteiger partial charge in [0, 0.05) is 19.2 Å². The predicted octanol–water partition coefficient (Wildman–Crippen LogP) is 3.35. The molecule has 0 spiro atoms. The highest BCUT2D eigenvalue weighted by molar-refractivity contribution is 7.19. The largest absolute Gasteiger partial charge is 0.478 e. The first kappa shape index (κ1) is 20.5. The van der Waals surface area contributed by atoms with E-state index < -0.39 is 12.6 Å². The minimum atomic E-state index is -0.981. The Hall–Kier alpha value is -3.27. The number of halogens is 1.